The predicted molar refractivity (Wildman–Crippen MR) is 130 cm³/mol. The van der Waals surface area contributed by atoms with Gasteiger partial charge in [0.1, 0.15) is 11.6 Å². The van der Waals surface area contributed by atoms with Crippen molar-refractivity contribution in [1.82, 2.24) is 19.2 Å². The molecule has 9 nitrogen and oxygen atoms in total. The van der Waals surface area contributed by atoms with Gasteiger partial charge in [-0.05, 0) is 51.1 Å². The molecule has 2 saturated heterocycles. The number of nitrogens with zero attached hydrogens (tertiary/aromatic N) is 6. The number of aromatic nitrogens is 2. The van der Waals surface area contributed by atoms with Crippen LogP contribution in [0, 0.1) is 20.8 Å². The summed E-state index contributed by atoms with van der Waals surface area (Å²) in [5.74, 6) is 2.33. The Kier molecular flexibility index (Phi) is 6.78. The van der Waals surface area contributed by atoms with Crippen molar-refractivity contribution < 1.29 is 13.2 Å². The summed E-state index contributed by atoms with van der Waals surface area (Å²) in [7, 11) is 0.143. The number of aryl methyl sites for hydroxylation is 3. The first kappa shape index (κ1) is 23.7. The molecule has 0 saturated carbocycles. The first-order chi connectivity index (χ1) is 15.7. The number of benzene rings is 1. The van der Waals surface area contributed by atoms with Crippen molar-refractivity contribution in [3.05, 3.63) is 35.0 Å². The highest BCUT2D eigenvalue weighted by molar-refractivity contribution is 7.89. The Morgan fingerprint density at radius 1 is 0.818 bits per heavy atom. The van der Waals surface area contributed by atoms with Crippen molar-refractivity contribution in [2.45, 2.75) is 25.7 Å². The molecule has 0 amide bonds. The molecule has 0 aliphatic carbocycles. The average Bonchev–Trinajstić information content (AvgIpc) is 2.80. The van der Waals surface area contributed by atoms with Crippen LogP contribution in [0.5, 0.6) is 5.75 Å². The molecule has 2 aromatic rings. The van der Waals surface area contributed by atoms with Crippen molar-refractivity contribution in [3.63, 3.8) is 0 Å². The Labute approximate surface area is 197 Å². The lowest BCUT2D eigenvalue weighted by atomic mass is 10.1. The van der Waals surface area contributed by atoms with E-state index in [1.807, 2.05) is 26.8 Å². The Balaban J connectivity index is 1.48. The van der Waals surface area contributed by atoms with Gasteiger partial charge < -0.3 is 19.4 Å². The van der Waals surface area contributed by atoms with Gasteiger partial charge in [0.05, 0.1) is 12.0 Å². The number of piperazine rings is 2. The van der Waals surface area contributed by atoms with Gasteiger partial charge in [-0.15, -0.1) is 0 Å². The molecule has 0 spiro atoms. The zero-order valence-corrected chi connectivity index (χ0v) is 21.0. The number of rotatable bonds is 5. The van der Waals surface area contributed by atoms with Crippen molar-refractivity contribution in [2.24, 2.45) is 0 Å². The SMILES string of the molecule is COc1cc(C)c(S(=O)(=O)N2CCN(c3nc(C)cc(N4CCN(C)CC4)n3)CC2)cc1C. The zero-order chi connectivity index (χ0) is 23.8. The molecule has 0 N–H and O–H groups in total. The summed E-state index contributed by atoms with van der Waals surface area (Å²) in [5, 5.41) is 0. The van der Waals surface area contributed by atoms with Crippen LogP contribution in [-0.2, 0) is 10.0 Å². The van der Waals surface area contributed by atoms with Gasteiger partial charge in [-0.1, -0.05) is 0 Å². The Hall–Kier alpha value is -2.43. The fourth-order valence-electron chi connectivity index (χ4n) is 4.40. The van der Waals surface area contributed by atoms with E-state index in [1.165, 1.54) is 0 Å². The summed E-state index contributed by atoms with van der Waals surface area (Å²) in [5.41, 5.74) is 2.43. The van der Waals surface area contributed by atoms with E-state index in [9.17, 15) is 8.42 Å². The van der Waals surface area contributed by atoms with E-state index in [-0.39, 0.29) is 0 Å². The molecular weight excluding hydrogens is 440 g/mol. The van der Waals surface area contributed by atoms with Gasteiger partial charge in [0.25, 0.3) is 0 Å². The molecule has 0 unspecified atom stereocenters. The van der Waals surface area contributed by atoms with Gasteiger partial charge in [-0.3, -0.25) is 0 Å². The lowest BCUT2D eigenvalue weighted by Gasteiger charge is -2.36. The van der Waals surface area contributed by atoms with Gasteiger partial charge in [0.15, 0.2) is 0 Å². The van der Waals surface area contributed by atoms with Gasteiger partial charge in [-0.2, -0.15) is 9.29 Å². The molecule has 1 aromatic heterocycles. The number of likely N-dealkylation sites (N-methyl/N-ethyl adjacent to an activating group) is 1. The molecule has 0 bridgehead atoms. The Morgan fingerprint density at radius 2 is 1.45 bits per heavy atom. The summed E-state index contributed by atoms with van der Waals surface area (Å²) >= 11 is 0. The highest BCUT2D eigenvalue weighted by Crippen LogP contribution is 2.29. The van der Waals surface area contributed by atoms with Crippen molar-refractivity contribution in [2.75, 3.05) is 76.3 Å². The summed E-state index contributed by atoms with van der Waals surface area (Å²) in [4.78, 5) is 16.5. The van der Waals surface area contributed by atoms with Crippen LogP contribution in [0.25, 0.3) is 0 Å². The number of hydrogen-bond acceptors (Lipinski definition) is 8. The third-order valence-electron chi connectivity index (χ3n) is 6.49. The van der Waals surface area contributed by atoms with Crippen LogP contribution in [-0.4, -0.2) is 94.1 Å². The first-order valence-corrected chi connectivity index (χ1v) is 12.8. The van der Waals surface area contributed by atoms with Gasteiger partial charge >= 0.3 is 0 Å². The molecule has 2 fully saturated rings. The van der Waals surface area contributed by atoms with Crippen molar-refractivity contribution in [3.8, 4) is 5.75 Å². The van der Waals surface area contributed by atoms with Crippen molar-refractivity contribution >= 4 is 21.8 Å². The molecule has 180 valence electrons. The zero-order valence-electron chi connectivity index (χ0n) is 20.2. The number of methoxy groups -OCH3 is 1. The molecule has 10 heteroatoms. The van der Waals surface area contributed by atoms with E-state index >= 15 is 0 Å². The molecule has 4 rings (SSSR count). The molecule has 1 aromatic carbocycles. The van der Waals surface area contributed by atoms with Crippen LogP contribution in [0.3, 0.4) is 0 Å². The first-order valence-electron chi connectivity index (χ1n) is 11.4. The van der Waals surface area contributed by atoms with E-state index in [1.54, 1.807) is 23.5 Å². The molecule has 0 radical (unpaired) electrons. The lowest BCUT2D eigenvalue weighted by Crippen LogP contribution is -2.49. The summed E-state index contributed by atoms with van der Waals surface area (Å²) < 4.78 is 33.6. The molecule has 33 heavy (non-hydrogen) atoms. The van der Waals surface area contributed by atoms with Crippen LogP contribution < -0.4 is 14.5 Å². The van der Waals surface area contributed by atoms with E-state index in [0.29, 0.717) is 48.3 Å². The van der Waals surface area contributed by atoms with E-state index in [4.69, 9.17) is 9.72 Å². The summed E-state index contributed by atoms with van der Waals surface area (Å²) in [6.07, 6.45) is 0. The molecule has 2 aliphatic rings. The normalized spacial score (nSPS) is 18.6. The smallest absolute Gasteiger partial charge is 0.243 e. The minimum absolute atomic E-state index is 0.346. The molecule has 3 heterocycles. The maximum Gasteiger partial charge on any atom is 0.243 e. The third-order valence-corrected chi connectivity index (χ3v) is 8.53. The van der Waals surface area contributed by atoms with E-state index < -0.39 is 10.0 Å². The van der Waals surface area contributed by atoms with E-state index in [0.717, 1.165) is 43.3 Å². The maximum absolute atomic E-state index is 13.4. The second-order valence-corrected chi connectivity index (χ2v) is 10.8. The number of ether oxygens (including phenoxy) is 1. The van der Waals surface area contributed by atoms with Crippen LogP contribution in [0.2, 0.25) is 0 Å². The number of hydrogen-bond donors (Lipinski definition) is 0. The van der Waals surface area contributed by atoms with Gasteiger partial charge in [0, 0.05) is 64.1 Å². The highest BCUT2D eigenvalue weighted by atomic mass is 32.2. The standard InChI is InChI=1S/C23H34N6O3S/c1-17-15-21(18(2)14-20(17)32-5)33(30,31)29-12-10-28(11-13-29)23-24-19(3)16-22(25-23)27-8-6-26(4)7-9-27/h14-16H,6-13H2,1-5H3. The molecular formula is C23H34N6O3S. The van der Waals surface area contributed by atoms with Crippen LogP contribution in [0.15, 0.2) is 23.1 Å². The fourth-order valence-corrected chi connectivity index (χ4v) is 6.12. The summed E-state index contributed by atoms with van der Waals surface area (Å²) in [6, 6.07) is 5.53. The van der Waals surface area contributed by atoms with Crippen LogP contribution in [0.4, 0.5) is 11.8 Å². The number of anilines is 2. The molecule has 0 atom stereocenters. The third kappa shape index (κ3) is 4.92. The second-order valence-electron chi connectivity index (χ2n) is 8.94. The monoisotopic (exact) mass is 474 g/mol. The quantitative estimate of drug-likeness (QED) is 0.647. The highest BCUT2D eigenvalue weighted by Gasteiger charge is 2.31. The predicted octanol–water partition coefficient (Wildman–Crippen LogP) is 1.67. The van der Waals surface area contributed by atoms with Crippen LogP contribution >= 0.6 is 0 Å². The van der Waals surface area contributed by atoms with Gasteiger partial charge in [0.2, 0.25) is 16.0 Å². The van der Waals surface area contributed by atoms with Crippen molar-refractivity contribution in [1.29, 1.82) is 0 Å². The minimum Gasteiger partial charge on any atom is -0.496 e. The Bertz CT molecular complexity index is 1110. The van der Waals surface area contributed by atoms with E-state index in [2.05, 4.69) is 26.7 Å². The van der Waals surface area contributed by atoms with Gasteiger partial charge in [-0.25, -0.2) is 13.4 Å². The second kappa shape index (κ2) is 9.44. The largest absolute Gasteiger partial charge is 0.496 e. The Morgan fingerprint density at radius 3 is 2.09 bits per heavy atom. The average molecular weight is 475 g/mol. The number of sulfonamides is 1. The topological polar surface area (TPSA) is 82.1 Å². The maximum atomic E-state index is 13.4. The minimum atomic E-state index is -3.59. The lowest BCUT2D eigenvalue weighted by molar-refractivity contribution is 0.312. The fraction of sp³-hybridized carbons (Fsp3) is 0.565. The van der Waals surface area contributed by atoms with Crippen LogP contribution in [0.1, 0.15) is 16.8 Å². The summed E-state index contributed by atoms with van der Waals surface area (Å²) in [6.45, 7) is 11.5. The molecule has 2 aliphatic heterocycles.